The first-order valence-corrected chi connectivity index (χ1v) is 8.69. The van der Waals surface area contributed by atoms with Crippen LogP contribution in [0.4, 0.5) is 0 Å². The average Bonchev–Trinajstić information content (AvgIpc) is 3.23. The van der Waals surface area contributed by atoms with Gasteiger partial charge in [-0.2, -0.15) is 0 Å². The SMILES string of the molecule is O=P([O-])(O)OCC1OC(n2cnc3c2ncn2ccnc32)C(O)C1O. The molecule has 0 aromatic carbocycles. The van der Waals surface area contributed by atoms with Gasteiger partial charge in [-0.25, -0.2) is 15.0 Å². The van der Waals surface area contributed by atoms with Gasteiger partial charge >= 0.3 is 0 Å². The summed E-state index contributed by atoms with van der Waals surface area (Å²) >= 11 is 0. The largest absolute Gasteiger partial charge is 0.756 e. The number of ether oxygens (including phenoxy) is 1. The highest BCUT2D eigenvalue weighted by molar-refractivity contribution is 7.44. The van der Waals surface area contributed by atoms with Gasteiger partial charge < -0.3 is 29.3 Å². The van der Waals surface area contributed by atoms with Crippen LogP contribution in [0.2, 0.25) is 0 Å². The smallest absolute Gasteiger partial charge is 0.265 e. The Kier molecular flexibility index (Phi) is 3.85. The fraction of sp³-hybridized carbons (Fsp3) is 0.417. The van der Waals surface area contributed by atoms with Crippen molar-refractivity contribution >= 4 is 24.6 Å². The van der Waals surface area contributed by atoms with Gasteiger partial charge in [-0.3, -0.25) is 13.5 Å². The topological polar surface area (TPSA) is 167 Å². The molecule has 3 aromatic rings. The summed E-state index contributed by atoms with van der Waals surface area (Å²) in [5.41, 5.74) is 1.40. The van der Waals surface area contributed by atoms with Crippen LogP contribution in [0.25, 0.3) is 16.8 Å². The third-order valence-electron chi connectivity index (χ3n) is 3.97. The highest BCUT2D eigenvalue weighted by Gasteiger charge is 2.44. The summed E-state index contributed by atoms with van der Waals surface area (Å²) in [5.74, 6) is 0. The van der Waals surface area contributed by atoms with Crippen molar-refractivity contribution < 1.29 is 33.8 Å². The van der Waals surface area contributed by atoms with E-state index in [1.807, 2.05) is 0 Å². The van der Waals surface area contributed by atoms with E-state index in [4.69, 9.17) is 9.63 Å². The maximum absolute atomic E-state index is 10.7. The first-order valence-electron chi connectivity index (χ1n) is 7.19. The predicted molar refractivity (Wildman–Crippen MR) is 78.0 cm³/mol. The number of imidazole rings is 2. The summed E-state index contributed by atoms with van der Waals surface area (Å²) < 4.78 is 23.5. The van der Waals surface area contributed by atoms with E-state index in [1.54, 1.807) is 16.8 Å². The van der Waals surface area contributed by atoms with E-state index in [2.05, 4.69) is 19.5 Å². The van der Waals surface area contributed by atoms with Crippen LogP contribution in [0.1, 0.15) is 6.23 Å². The summed E-state index contributed by atoms with van der Waals surface area (Å²) in [6.45, 7) is -0.642. The van der Waals surface area contributed by atoms with E-state index < -0.39 is 39.0 Å². The lowest BCUT2D eigenvalue weighted by atomic mass is 10.1. The molecule has 3 N–H and O–H groups in total. The normalized spacial score (nSPS) is 29.4. The van der Waals surface area contributed by atoms with E-state index in [0.717, 1.165) is 0 Å². The minimum Gasteiger partial charge on any atom is -0.756 e. The molecular weight excluding hydrogens is 357 g/mol. The van der Waals surface area contributed by atoms with Gasteiger partial charge in [0.1, 0.15) is 24.6 Å². The summed E-state index contributed by atoms with van der Waals surface area (Å²) in [4.78, 5) is 32.0. The molecule has 1 fully saturated rings. The molecule has 1 aliphatic rings. The lowest BCUT2D eigenvalue weighted by Crippen LogP contribution is -2.34. The fourth-order valence-electron chi connectivity index (χ4n) is 2.80. The molecule has 0 amide bonds. The van der Waals surface area contributed by atoms with Crippen molar-refractivity contribution in [3.8, 4) is 0 Å². The van der Waals surface area contributed by atoms with Gasteiger partial charge in [0.15, 0.2) is 23.0 Å². The van der Waals surface area contributed by atoms with Crippen LogP contribution in [0, 0.1) is 0 Å². The second-order valence-corrected chi connectivity index (χ2v) is 6.73. The fourth-order valence-corrected chi connectivity index (χ4v) is 3.13. The summed E-state index contributed by atoms with van der Waals surface area (Å²) in [7, 11) is -4.97. The Labute approximate surface area is 139 Å². The van der Waals surface area contributed by atoms with Crippen LogP contribution in [-0.4, -0.2) is 63.9 Å². The Morgan fingerprint density at radius 2 is 2.04 bits per heavy atom. The number of phosphoric acid groups is 1. The first-order chi connectivity index (χ1) is 11.8. The van der Waals surface area contributed by atoms with Crippen molar-refractivity contribution in [2.45, 2.75) is 24.5 Å². The Balaban J connectivity index is 1.65. The number of hydrogen-bond acceptors (Lipinski definition) is 9. The summed E-state index contributed by atoms with van der Waals surface area (Å²) in [6, 6.07) is 0. The van der Waals surface area contributed by atoms with E-state index in [0.29, 0.717) is 16.8 Å². The number of aliphatic hydroxyl groups excluding tert-OH is 2. The molecular formula is C12H13N5O7P-. The van der Waals surface area contributed by atoms with Crippen LogP contribution < -0.4 is 4.89 Å². The van der Waals surface area contributed by atoms with Gasteiger partial charge in [0.2, 0.25) is 0 Å². The lowest BCUT2D eigenvalue weighted by Gasteiger charge is -2.20. The minimum atomic E-state index is -4.97. The van der Waals surface area contributed by atoms with Gasteiger partial charge in [-0.1, -0.05) is 0 Å². The average molecular weight is 370 g/mol. The highest BCUT2D eigenvalue weighted by Crippen LogP contribution is 2.36. The second kappa shape index (κ2) is 5.81. The zero-order valence-electron chi connectivity index (χ0n) is 12.5. The Hall–Kier alpha value is -1.92. The highest BCUT2D eigenvalue weighted by atomic mass is 31.2. The number of fused-ring (bicyclic) bond motifs is 3. The zero-order valence-corrected chi connectivity index (χ0v) is 13.4. The van der Waals surface area contributed by atoms with Crippen molar-refractivity contribution in [2.75, 3.05) is 6.61 Å². The molecule has 0 saturated carbocycles. The molecule has 0 spiro atoms. The third kappa shape index (κ3) is 2.83. The van der Waals surface area contributed by atoms with Gasteiger partial charge in [-0.15, -0.1) is 0 Å². The standard InChI is InChI=1S/C12H14N5O7P/c18-8-6(3-23-25(20,21)22)24-12(9(8)19)17-5-14-7-10-13-1-2-16(10)4-15-11(7)17/h1-2,4-6,8-9,12,18-19H,3H2,(H2,20,21,22)/p-1. The Bertz CT molecular complexity index is 967. The quantitative estimate of drug-likeness (QED) is 0.445. The number of aliphatic hydroxyl groups is 2. The molecule has 1 aliphatic heterocycles. The van der Waals surface area contributed by atoms with Crippen LogP contribution in [0.5, 0.6) is 0 Å². The van der Waals surface area contributed by atoms with Crippen LogP contribution in [0.3, 0.4) is 0 Å². The summed E-state index contributed by atoms with van der Waals surface area (Å²) in [6.07, 6.45) is 1.14. The van der Waals surface area contributed by atoms with Crippen LogP contribution in [-0.2, 0) is 13.8 Å². The first kappa shape index (κ1) is 16.5. The number of phosphoric ester groups is 1. The number of hydrogen-bond donors (Lipinski definition) is 3. The monoisotopic (exact) mass is 370 g/mol. The molecule has 13 heteroatoms. The molecule has 4 rings (SSSR count). The van der Waals surface area contributed by atoms with Crippen LogP contribution >= 0.6 is 7.82 Å². The predicted octanol–water partition coefficient (Wildman–Crippen LogP) is -1.82. The van der Waals surface area contributed by atoms with Crippen molar-refractivity contribution in [3.05, 3.63) is 25.0 Å². The van der Waals surface area contributed by atoms with Gasteiger partial charge in [0.05, 0.1) is 12.9 Å². The van der Waals surface area contributed by atoms with Gasteiger partial charge in [0, 0.05) is 12.4 Å². The van der Waals surface area contributed by atoms with E-state index in [9.17, 15) is 19.7 Å². The summed E-state index contributed by atoms with van der Waals surface area (Å²) in [5, 5.41) is 20.3. The molecule has 0 radical (unpaired) electrons. The number of aromatic nitrogens is 5. The van der Waals surface area contributed by atoms with E-state index >= 15 is 0 Å². The number of nitrogens with zero attached hydrogens (tertiary/aromatic N) is 5. The van der Waals surface area contributed by atoms with E-state index in [-0.39, 0.29) is 0 Å². The molecule has 0 aliphatic carbocycles. The van der Waals surface area contributed by atoms with Crippen molar-refractivity contribution in [2.24, 2.45) is 0 Å². The Morgan fingerprint density at radius 3 is 2.80 bits per heavy atom. The second-order valence-electron chi connectivity index (χ2n) is 5.54. The van der Waals surface area contributed by atoms with E-state index in [1.165, 1.54) is 17.2 Å². The lowest BCUT2D eigenvalue weighted by molar-refractivity contribution is -0.222. The maximum Gasteiger partial charge on any atom is 0.265 e. The van der Waals surface area contributed by atoms with Gasteiger partial charge in [-0.05, 0) is 0 Å². The minimum absolute atomic E-state index is 0.369. The van der Waals surface area contributed by atoms with Crippen molar-refractivity contribution in [1.82, 2.24) is 23.9 Å². The van der Waals surface area contributed by atoms with Crippen molar-refractivity contribution in [3.63, 3.8) is 0 Å². The molecule has 134 valence electrons. The maximum atomic E-state index is 10.7. The molecule has 1 saturated heterocycles. The molecule has 5 unspecified atom stereocenters. The molecule has 5 atom stereocenters. The molecule has 4 heterocycles. The Morgan fingerprint density at radius 1 is 1.24 bits per heavy atom. The molecule has 3 aromatic heterocycles. The third-order valence-corrected chi connectivity index (χ3v) is 4.44. The van der Waals surface area contributed by atoms with Crippen molar-refractivity contribution in [1.29, 1.82) is 0 Å². The molecule has 25 heavy (non-hydrogen) atoms. The van der Waals surface area contributed by atoms with Crippen LogP contribution in [0.15, 0.2) is 25.0 Å². The number of rotatable bonds is 4. The molecule has 0 bridgehead atoms. The van der Waals surface area contributed by atoms with Gasteiger partial charge in [0.25, 0.3) is 7.82 Å². The molecule has 12 nitrogen and oxygen atoms in total. The zero-order chi connectivity index (χ0) is 17.8.